The van der Waals surface area contributed by atoms with Crippen molar-refractivity contribution in [3.05, 3.63) is 52.5 Å². The van der Waals surface area contributed by atoms with Crippen LogP contribution in [0.15, 0.2) is 41.3 Å². The van der Waals surface area contributed by atoms with E-state index in [1.54, 1.807) is 42.3 Å². The minimum atomic E-state index is -0.185. The average molecular weight is 359 g/mol. The zero-order chi connectivity index (χ0) is 17.3. The Morgan fingerprint density at radius 2 is 2.12 bits per heavy atom. The van der Waals surface area contributed by atoms with Crippen LogP contribution in [-0.2, 0) is 11.3 Å². The van der Waals surface area contributed by atoms with Crippen molar-refractivity contribution in [3.8, 4) is 11.8 Å². The summed E-state index contributed by atoms with van der Waals surface area (Å²) >= 11 is 7.61. The van der Waals surface area contributed by atoms with Gasteiger partial charge in [0.2, 0.25) is 5.91 Å². The number of amides is 1. The molecule has 24 heavy (non-hydrogen) atoms. The lowest BCUT2D eigenvalue weighted by Crippen LogP contribution is -2.39. The van der Waals surface area contributed by atoms with Gasteiger partial charge in [0.1, 0.15) is 5.75 Å². The molecule has 0 fully saturated rings. The van der Waals surface area contributed by atoms with Crippen LogP contribution >= 0.6 is 23.4 Å². The van der Waals surface area contributed by atoms with Gasteiger partial charge in [-0.3, -0.25) is 4.79 Å². The molecule has 1 heterocycles. The van der Waals surface area contributed by atoms with E-state index in [2.05, 4.69) is 6.07 Å². The molecule has 1 unspecified atom stereocenters. The van der Waals surface area contributed by atoms with Gasteiger partial charge in [0.25, 0.3) is 0 Å². The van der Waals surface area contributed by atoms with Gasteiger partial charge in [0.05, 0.1) is 36.2 Å². The Balaban J connectivity index is 2.06. The van der Waals surface area contributed by atoms with Crippen LogP contribution in [0.3, 0.4) is 0 Å². The highest BCUT2D eigenvalue weighted by Crippen LogP contribution is 2.41. The fraction of sp³-hybridized carbons (Fsp3) is 0.222. The molecule has 1 atom stereocenters. The Morgan fingerprint density at radius 1 is 1.33 bits per heavy atom. The molecule has 0 aliphatic carbocycles. The molecular weight excluding hydrogens is 344 g/mol. The summed E-state index contributed by atoms with van der Waals surface area (Å²) in [6.45, 7) is 2.23. The van der Waals surface area contributed by atoms with E-state index in [9.17, 15) is 4.79 Å². The lowest BCUT2D eigenvalue weighted by Gasteiger charge is -2.33. The maximum Gasteiger partial charge on any atom is 0.240 e. The SMILES string of the molecule is COc1ccc(Cl)cc1CN1C(=O)C(C)Sc2ccc(C#N)cc21. The summed E-state index contributed by atoms with van der Waals surface area (Å²) in [6.07, 6.45) is 0. The summed E-state index contributed by atoms with van der Waals surface area (Å²) in [5, 5.41) is 9.56. The molecular formula is C18H15ClN2O2S. The molecule has 0 N–H and O–H groups in total. The summed E-state index contributed by atoms with van der Waals surface area (Å²) in [7, 11) is 1.59. The Kier molecular flexibility index (Phi) is 4.70. The van der Waals surface area contributed by atoms with Gasteiger partial charge >= 0.3 is 0 Å². The Bertz CT molecular complexity index is 847. The first-order valence-corrected chi connectivity index (χ1v) is 8.64. The number of carbonyl (C=O) groups excluding carboxylic acids is 1. The van der Waals surface area contributed by atoms with Crippen LogP contribution < -0.4 is 9.64 Å². The van der Waals surface area contributed by atoms with E-state index in [0.717, 1.165) is 16.1 Å². The number of hydrogen-bond donors (Lipinski definition) is 0. The first-order chi connectivity index (χ1) is 11.5. The first kappa shape index (κ1) is 16.7. The maximum atomic E-state index is 12.7. The minimum absolute atomic E-state index is 0.00428. The summed E-state index contributed by atoms with van der Waals surface area (Å²) in [4.78, 5) is 15.4. The molecule has 0 saturated heterocycles. The quantitative estimate of drug-likeness (QED) is 0.823. The molecule has 2 aromatic rings. The van der Waals surface area contributed by atoms with Crippen molar-refractivity contribution < 1.29 is 9.53 Å². The van der Waals surface area contributed by atoms with Crippen LogP contribution in [0.5, 0.6) is 5.75 Å². The topological polar surface area (TPSA) is 53.3 Å². The summed E-state index contributed by atoms with van der Waals surface area (Å²) in [5.41, 5.74) is 2.11. The minimum Gasteiger partial charge on any atom is -0.496 e. The molecule has 4 nitrogen and oxygen atoms in total. The van der Waals surface area contributed by atoms with Crippen LogP contribution in [0.1, 0.15) is 18.1 Å². The summed E-state index contributed by atoms with van der Waals surface area (Å²) < 4.78 is 5.38. The van der Waals surface area contributed by atoms with Crippen molar-refractivity contribution in [2.75, 3.05) is 12.0 Å². The second-order valence-corrected chi connectivity index (χ2v) is 7.25. The highest BCUT2D eigenvalue weighted by Gasteiger charge is 2.31. The average Bonchev–Trinajstić information content (AvgIpc) is 2.59. The van der Waals surface area contributed by atoms with Gasteiger partial charge in [0, 0.05) is 15.5 Å². The Labute approximate surface area is 150 Å². The zero-order valence-corrected chi connectivity index (χ0v) is 14.8. The second kappa shape index (κ2) is 6.76. The standard InChI is InChI=1S/C18H15ClN2O2S/c1-11-18(22)21(10-13-8-14(19)4-5-16(13)23-2)15-7-12(9-20)3-6-17(15)24-11/h3-8,11H,10H2,1-2H3. The maximum absolute atomic E-state index is 12.7. The number of hydrogen-bond acceptors (Lipinski definition) is 4. The number of rotatable bonds is 3. The van der Waals surface area contributed by atoms with Gasteiger partial charge in [-0.25, -0.2) is 0 Å². The molecule has 0 spiro atoms. The number of carbonyl (C=O) groups is 1. The Morgan fingerprint density at radius 3 is 2.83 bits per heavy atom. The third-order valence-electron chi connectivity index (χ3n) is 3.87. The molecule has 6 heteroatoms. The molecule has 1 aliphatic heterocycles. The van der Waals surface area contributed by atoms with E-state index < -0.39 is 0 Å². The third kappa shape index (κ3) is 3.08. The zero-order valence-electron chi connectivity index (χ0n) is 13.2. The highest BCUT2D eigenvalue weighted by molar-refractivity contribution is 8.00. The smallest absolute Gasteiger partial charge is 0.240 e. The van der Waals surface area contributed by atoms with Crippen LogP contribution in [-0.4, -0.2) is 18.3 Å². The lowest BCUT2D eigenvalue weighted by molar-refractivity contribution is -0.118. The van der Waals surface area contributed by atoms with E-state index in [-0.39, 0.29) is 11.2 Å². The number of nitriles is 1. The number of thioether (sulfide) groups is 1. The van der Waals surface area contributed by atoms with Gasteiger partial charge in [-0.1, -0.05) is 11.6 Å². The summed E-state index contributed by atoms with van der Waals surface area (Å²) in [5.74, 6) is 0.681. The predicted octanol–water partition coefficient (Wildman–Crippen LogP) is 4.25. The van der Waals surface area contributed by atoms with Crippen LogP contribution in [0.4, 0.5) is 5.69 Å². The van der Waals surface area contributed by atoms with E-state index in [4.69, 9.17) is 21.6 Å². The van der Waals surface area contributed by atoms with Crippen molar-refractivity contribution in [3.63, 3.8) is 0 Å². The molecule has 2 aromatic carbocycles. The molecule has 1 amide bonds. The highest BCUT2D eigenvalue weighted by atomic mass is 35.5. The van der Waals surface area contributed by atoms with Crippen molar-refractivity contribution in [1.82, 2.24) is 0 Å². The number of ether oxygens (including phenoxy) is 1. The molecule has 1 aliphatic rings. The molecule has 0 aromatic heterocycles. The largest absolute Gasteiger partial charge is 0.496 e. The van der Waals surface area contributed by atoms with Gasteiger partial charge in [-0.05, 0) is 43.3 Å². The van der Waals surface area contributed by atoms with Crippen molar-refractivity contribution in [2.24, 2.45) is 0 Å². The van der Waals surface area contributed by atoms with E-state index in [1.807, 2.05) is 13.0 Å². The molecule has 3 rings (SSSR count). The summed E-state index contributed by atoms with van der Waals surface area (Å²) in [6, 6.07) is 12.9. The van der Waals surface area contributed by atoms with Crippen LogP contribution in [0.25, 0.3) is 0 Å². The first-order valence-electron chi connectivity index (χ1n) is 7.38. The van der Waals surface area contributed by atoms with E-state index in [0.29, 0.717) is 22.9 Å². The fourth-order valence-electron chi connectivity index (χ4n) is 2.68. The Hall–Kier alpha value is -2.16. The monoisotopic (exact) mass is 358 g/mol. The third-order valence-corrected chi connectivity index (χ3v) is 5.26. The predicted molar refractivity (Wildman–Crippen MR) is 95.7 cm³/mol. The van der Waals surface area contributed by atoms with Gasteiger partial charge in [-0.2, -0.15) is 5.26 Å². The fourth-order valence-corrected chi connectivity index (χ4v) is 3.92. The second-order valence-electron chi connectivity index (χ2n) is 5.43. The lowest BCUT2D eigenvalue weighted by atomic mass is 10.1. The van der Waals surface area contributed by atoms with E-state index in [1.165, 1.54) is 11.8 Å². The van der Waals surface area contributed by atoms with Gasteiger partial charge in [-0.15, -0.1) is 11.8 Å². The number of nitrogens with zero attached hydrogens (tertiary/aromatic N) is 2. The number of halogens is 1. The number of fused-ring (bicyclic) bond motifs is 1. The van der Waals surface area contributed by atoms with Crippen LogP contribution in [0, 0.1) is 11.3 Å². The number of benzene rings is 2. The van der Waals surface area contributed by atoms with Crippen LogP contribution in [0.2, 0.25) is 5.02 Å². The van der Waals surface area contributed by atoms with E-state index >= 15 is 0 Å². The van der Waals surface area contributed by atoms with Gasteiger partial charge in [0.15, 0.2) is 0 Å². The molecule has 0 bridgehead atoms. The van der Waals surface area contributed by atoms with Crippen molar-refractivity contribution >= 4 is 35.0 Å². The number of methoxy groups -OCH3 is 1. The molecule has 122 valence electrons. The van der Waals surface area contributed by atoms with Crippen molar-refractivity contribution in [1.29, 1.82) is 5.26 Å². The number of anilines is 1. The normalized spacial score (nSPS) is 16.5. The van der Waals surface area contributed by atoms with Gasteiger partial charge < -0.3 is 9.64 Å². The molecule has 0 saturated carbocycles. The molecule has 0 radical (unpaired) electrons. The van der Waals surface area contributed by atoms with Crippen molar-refractivity contribution in [2.45, 2.75) is 23.6 Å².